The topological polar surface area (TPSA) is 75.7 Å². The van der Waals surface area contributed by atoms with Crippen LogP contribution in [0.2, 0.25) is 0 Å². The van der Waals surface area contributed by atoms with Crippen molar-refractivity contribution in [2.45, 2.75) is 6.42 Å². The van der Waals surface area contributed by atoms with E-state index in [2.05, 4.69) is 4.99 Å². The number of hydrogen-bond donors (Lipinski definition) is 1. The monoisotopic (exact) mass is 208 g/mol. The minimum Gasteiger partial charge on any atom is -0.396 e. The summed E-state index contributed by atoms with van der Waals surface area (Å²) in [5.41, 5.74) is 0.753. The molecule has 0 amide bonds. The molecule has 0 aliphatic carbocycles. The molecule has 0 atom stereocenters. The molecule has 0 saturated heterocycles. The molecule has 0 aliphatic heterocycles. The Kier molecular flexibility index (Phi) is 4.43. The lowest BCUT2D eigenvalue weighted by atomic mass is 10.2. The number of aliphatic hydroxyl groups excluding tert-OH is 1. The molecule has 1 N–H and O–H groups in total. The van der Waals surface area contributed by atoms with Crippen molar-refractivity contribution >= 4 is 11.9 Å². The molecule has 0 aromatic heterocycles. The van der Waals surface area contributed by atoms with E-state index >= 15 is 0 Å². The highest BCUT2D eigenvalue weighted by molar-refractivity contribution is 5.80. The second-order valence-corrected chi connectivity index (χ2v) is 2.96. The first kappa shape index (κ1) is 11.3. The molecule has 15 heavy (non-hydrogen) atoms. The molecule has 1 aromatic rings. The van der Waals surface area contributed by atoms with Gasteiger partial charge in [-0.1, -0.05) is 12.1 Å². The predicted molar refractivity (Wildman–Crippen MR) is 57.3 cm³/mol. The summed E-state index contributed by atoms with van der Waals surface area (Å²) in [5.74, 6) is 0. The van der Waals surface area contributed by atoms with Gasteiger partial charge in [0.1, 0.15) is 0 Å². The van der Waals surface area contributed by atoms with Crippen LogP contribution < -0.4 is 0 Å². The smallest absolute Gasteiger partial charge is 0.270 e. The van der Waals surface area contributed by atoms with Crippen LogP contribution in [0.15, 0.2) is 29.3 Å². The van der Waals surface area contributed by atoms with E-state index in [4.69, 9.17) is 5.11 Å². The largest absolute Gasteiger partial charge is 0.396 e. The summed E-state index contributed by atoms with van der Waals surface area (Å²) >= 11 is 0. The number of rotatable bonds is 5. The van der Waals surface area contributed by atoms with E-state index in [9.17, 15) is 10.1 Å². The number of nitrogens with zero attached hydrogens (tertiary/aromatic N) is 2. The van der Waals surface area contributed by atoms with Crippen LogP contribution in [-0.4, -0.2) is 29.4 Å². The van der Waals surface area contributed by atoms with E-state index in [0.29, 0.717) is 18.5 Å². The molecular formula is C10H12N2O3. The molecule has 1 aromatic carbocycles. The number of nitro benzene ring substituents is 1. The molecule has 5 heteroatoms. The van der Waals surface area contributed by atoms with Crippen molar-refractivity contribution < 1.29 is 10.0 Å². The second kappa shape index (κ2) is 5.87. The van der Waals surface area contributed by atoms with Crippen LogP contribution in [0.3, 0.4) is 0 Å². The minimum absolute atomic E-state index is 0.0566. The SMILES string of the molecule is O=[N+]([O-])c1cccc(C=NCCCO)c1. The van der Waals surface area contributed by atoms with Gasteiger partial charge in [-0.15, -0.1) is 0 Å². The van der Waals surface area contributed by atoms with E-state index in [0.717, 1.165) is 0 Å². The molecule has 0 spiro atoms. The number of non-ortho nitro benzene ring substituents is 1. The fourth-order valence-electron chi connectivity index (χ4n) is 1.05. The van der Waals surface area contributed by atoms with Gasteiger partial charge in [-0.05, 0) is 12.0 Å². The van der Waals surface area contributed by atoms with Crippen LogP contribution >= 0.6 is 0 Å². The quantitative estimate of drug-likeness (QED) is 0.344. The maximum absolute atomic E-state index is 10.5. The highest BCUT2D eigenvalue weighted by Crippen LogP contribution is 2.11. The number of nitro groups is 1. The molecule has 1 rings (SSSR count). The van der Waals surface area contributed by atoms with Crippen LogP contribution in [0.25, 0.3) is 0 Å². The lowest BCUT2D eigenvalue weighted by Gasteiger charge is -1.94. The maximum Gasteiger partial charge on any atom is 0.270 e. The highest BCUT2D eigenvalue weighted by Gasteiger charge is 2.03. The summed E-state index contributed by atoms with van der Waals surface area (Å²) in [7, 11) is 0. The molecule has 0 bridgehead atoms. The highest BCUT2D eigenvalue weighted by atomic mass is 16.6. The Hall–Kier alpha value is -1.75. The van der Waals surface area contributed by atoms with Gasteiger partial charge in [-0.2, -0.15) is 0 Å². The molecule has 0 unspecified atom stereocenters. The number of hydrogen-bond acceptors (Lipinski definition) is 4. The van der Waals surface area contributed by atoms with Crippen molar-refractivity contribution in [2.75, 3.05) is 13.2 Å². The third-order valence-electron chi connectivity index (χ3n) is 1.77. The molecule has 0 aliphatic rings. The number of benzene rings is 1. The third-order valence-corrected chi connectivity index (χ3v) is 1.77. The van der Waals surface area contributed by atoms with Crippen molar-refractivity contribution in [3.8, 4) is 0 Å². The minimum atomic E-state index is -0.439. The van der Waals surface area contributed by atoms with Gasteiger partial charge in [-0.3, -0.25) is 15.1 Å². The van der Waals surface area contributed by atoms with Crippen molar-refractivity contribution in [2.24, 2.45) is 4.99 Å². The lowest BCUT2D eigenvalue weighted by Crippen LogP contribution is -1.91. The molecule has 80 valence electrons. The summed E-state index contributed by atoms with van der Waals surface area (Å²) in [6, 6.07) is 6.26. The van der Waals surface area contributed by atoms with Crippen LogP contribution in [-0.2, 0) is 0 Å². The van der Waals surface area contributed by atoms with Gasteiger partial charge in [0.25, 0.3) is 5.69 Å². The fourth-order valence-corrected chi connectivity index (χ4v) is 1.05. The first-order chi connectivity index (χ1) is 7.24. The van der Waals surface area contributed by atoms with E-state index in [-0.39, 0.29) is 12.3 Å². The average Bonchev–Trinajstić information content (AvgIpc) is 2.25. The Morgan fingerprint density at radius 3 is 3.00 bits per heavy atom. The summed E-state index contributed by atoms with van der Waals surface area (Å²) in [6.07, 6.45) is 2.17. The van der Waals surface area contributed by atoms with E-state index in [1.54, 1.807) is 18.3 Å². The van der Waals surface area contributed by atoms with Crippen LogP contribution in [0.4, 0.5) is 5.69 Å². The Balaban J connectivity index is 2.65. The summed E-state index contributed by atoms with van der Waals surface area (Å²) in [6.45, 7) is 0.630. The van der Waals surface area contributed by atoms with Crippen molar-refractivity contribution in [1.29, 1.82) is 0 Å². The summed E-state index contributed by atoms with van der Waals surface area (Å²) in [5, 5.41) is 19.0. The van der Waals surface area contributed by atoms with Gasteiger partial charge >= 0.3 is 0 Å². The Morgan fingerprint density at radius 2 is 2.33 bits per heavy atom. The lowest BCUT2D eigenvalue weighted by molar-refractivity contribution is -0.384. The van der Waals surface area contributed by atoms with Crippen LogP contribution in [0.5, 0.6) is 0 Å². The van der Waals surface area contributed by atoms with Gasteiger partial charge in [-0.25, -0.2) is 0 Å². The van der Waals surface area contributed by atoms with Crippen molar-refractivity contribution in [3.05, 3.63) is 39.9 Å². The van der Waals surface area contributed by atoms with E-state index in [1.165, 1.54) is 12.1 Å². The molecule has 0 heterocycles. The molecule has 0 saturated carbocycles. The van der Waals surface area contributed by atoms with Crippen molar-refractivity contribution in [3.63, 3.8) is 0 Å². The number of aliphatic imine (C=N–C) groups is 1. The molecule has 5 nitrogen and oxygen atoms in total. The average molecular weight is 208 g/mol. The van der Waals surface area contributed by atoms with Gasteiger partial charge in [0, 0.05) is 31.5 Å². The zero-order valence-electron chi connectivity index (χ0n) is 8.17. The summed E-state index contributed by atoms with van der Waals surface area (Å²) < 4.78 is 0. The third kappa shape index (κ3) is 3.86. The van der Waals surface area contributed by atoms with Crippen LogP contribution in [0.1, 0.15) is 12.0 Å². The van der Waals surface area contributed by atoms with Crippen molar-refractivity contribution in [1.82, 2.24) is 0 Å². The van der Waals surface area contributed by atoms with Gasteiger partial charge < -0.3 is 5.11 Å². The first-order valence-corrected chi connectivity index (χ1v) is 4.59. The van der Waals surface area contributed by atoms with Crippen LogP contribution in [0, 0.1) is 10.1 Å². The Labute approximate surface area is 87.2 Å². The maximum atomic E-state index is 10.5. The zero-order valence-corrected chi connectivity index (χ0v) is 8.17. The Morgan fingerprint density at radius 1 is 1.53 bits per heavy atom. The van der Waals surface area contributed by atoms with Gasteiger partial charge in [0.05, 0.1) is 4.92 Å². The zero-order chi connectivity index (χ0) is 11.1. The number of aliphatic hydroxyl groups is 1. The molecule has 0 radical (unpaired) electrons. The van der Waals surface area contributed by atoms with Gasteiger partial charge in [0.2, 0.25) is 0 Å². The van der Waals surface area contributed by atoms with Gasteiger partial charge in [0.15, 0.2) is 0 Å². The standard InChI is InChI=1S/C10H12N2O3/c13-6-2-5-11-8-9-3-1-4-10(7-9)12(14)15/h1,3-4,7-8,13H,2,5-6H2. The first-order valence-electron chi connectivity index (χ1n) is 4.59. The van der Waals surface area contributed by atoms with E-state index < -0.39 is 4.92 Å². The fraction of sp³-hybridized carbons (Fsp3) is 0.300. The predicted octanol–water partition coefficient (Wildman–Crippen LogP) is 1.40. The summed E-state index contributed by atoms with van der Waals surface area (Å²) in [4.78, 5) is 14.0. The van der Waals surface area contributed by atoms with E-state index in [1.807, 2.05) is 0 Å². The molecule has 0 fully saturated rings. The normalized spacial score (nSPS) is 10.7. The second-order valence-electron chi connectivity index (χ2n) is 2.96. The molecular weight excluding hydrogens is 196 g/mol. The Bertz CT molecular complexity index is 363.